The molecule has 0 saturated carbocycles. The van der Waals surface area contributed by atoms with E-state index in [4.69, 9.17) is 9.47 Å². The van der Waals surface area contributed by atoms with E-state index in [0.29, 0.717) is 45.9 Å². The summed E-state index contributed by atoms with van der Waals surface area (Å²) in [5.41, 5.74) is 3.09. The van der Waals surface area contributed by atoms with Crippen LogP contribution in [0.15, 0.2) is 55.4 Å². The van der Waals surface area contributed by atoms with E-state index in [0.717, 1.165) is 29.5 Å². The monoisotopic (exact) mass is 539 g/mol. The standard InChI is InChI=1S/C28H29N9O3/c1-16-12-37(13-17(2)32-16)23-6-5-21(26-22(23)11-31-28(34-26)39-4)27(38)33-19-7-18-14-36(3)35-25(18)24(8-19)40-20-9-29-15-30-10-20/h5-11,14-17,32H,12-13H2,1-4H3,(H,33,38)/t16-,17+. The number of rotatable bonds is 6. The maximum Gasteiger partial charge on any atom is 0.316 e. The average Bonchev–Trinajstić information content (AvgIpc) is 3.32. The molecule has 2 atom stereocenters. The van der Waals surface area contributed by atoms with Crippen molar-refractivity contribution in [3.63, 3.8) is 0 Å². The Hall–Kier alpha value is -4.84. The summed E-state index contributed by atoms with van der Waals surface area (Å²) in [6, 6.07) is 8.19. The zero-order chi connectivity index (χ0) is 27.8. The molecule has 1 fully saturated rings. The van der Waals surface area contributed by atoms with Gasteiger partial charge in [0.15, 0.2) is 11.5 Å². The predicted molar refractivity (Wildman–Crippen MR) is 151 cm³/mol. The van der Waals surface area contributed by atoms with Crippen molar-refractivity contribution in [3.8, 4) is 17.5 Å². The van der Waals surface area contributed by atoms with Crippen molar-refractivity contribution in [1.82, 2.24) is 35.0 Å². The van der Waals surface area contributed by atoms with E-state index in [1.54, 1.807) is 35.4 Å². The molecule has 1 aliphatic rings. The first-order chi connectivity index (χ1) is 19.4. The van der Waals surface area contributed by atoms with Crippen LogP contribution in [-0.2, 0) is 7.05 Å². The van der Waals surface area contributed by atoms with Crippen LogP contribution < -0.4 is 25.0 Å². The quantitative estimate of drug-likeness (QED) is 0.330. The second kappa shape index (κ2) is 10.4. The highest BCUT2D eigenvalue weighted by molar-refractivity contribution is 6.14. The Morgan fingerprint density at radius 1 is 1.07 bits per heavy atom. The summed E-state index contributed by atoms with van der Waals surface area (Å²) in [5.74, 6) is 0.603. The molecule has 0 spiro atoms. The number of benzene rings is 2. The van der Waals surface area contributed by atoms with Gasteiger partial charge in [0.2, 0.25) is 0 Å². The van der Waals surface area contributed by atoms with Crippen molar-refractivity contribution in [1.29, 1.82) is 0 Å². The van der Waals surface area contributed by atoms with Gasteiger partial charge < -0.3 is 25.0 Å². The third-order valence-corrected chi connectivity index (χ3v) is 6.74. The maximum atomic E-state index is 13.7. The molecule has 40 heavy (non-hydrogen) atoms. The first-order valence-electron chi connectivity index (χ1n) is 12.9. The maximum absolute atomic E-state index is 13.7. The Kier molecular flexibility index (Phi) is 6.60. The summed E-state index contributed by atoms with van der Waals surface area (Å²) in [6.45, 7) is 5.98. The van der Waals surface area contributed by atoms with Crippen molar-refractivity contribution >= 4 is 39.1 Å². The zero-order valence-electron chi connectivity index (χ0n) is 22.6. The number of hydrogen-bond donors (Lipinski definition) is 2. The lowest BCUT2D eigenvalue weighted by molar-refractivity contribution is 0.102. The summed E-state index contributed by atoms with van der Waals surface area (Å²) >= 11 is 0. The number of methoxy groups -OCH3 is 1. The van der Waals surface area contributed by atoms with E-state index < -0.39 is 0 Å². The molecule has 0 bridgehead atoms. The molecule has 3 aromatic heterocycles. The molecule has 4 heterocycles. The molecule has 0 aliphatic carbocycles. The lowest BCUT2D eigenvalue weighted by Gasteiger charge is -2.38. The van der Waals surface area contributed by atoms with E-state index in [1.807, 2.05) is 25.4 Å². The van der Waals surface area contributed by atoms with Gasteiger partial charge in [-0.05, 0) is 32.0 Å². The molecular formula is C28H29N9O3. The van der Waals surface area contributed by atoms with Crippen LogP contribution in [0, 0.1) is 0 Å². The summed E-state index contributed by atoms with van der Waals surface area (Å²) in [6.07, 6.45) is 8.13. The van der Waals surface area contributed by atoms with Gasteiger partial charge in [-0.25, -0.2) is 15.0 Å². The van der Waals surface area contributed by atoms with Gasteiger partial charge in [0.05, 0.1) is 30.6 Å². The average molecular weight is 540 g/mol. The van der Waals surface area contributed by atoms with Crippen molar-refractivity contribution in [3.05, 3.63) is 60.9 Å². The molecule has 5 aromatic rings. The van der Waals surface area contributed by atoms with Crippen LogP contribution in [-0.4, -0.2) is 67.9 Å². The summed E-state index contributed by atoms with van der Waals surface area (Å²) < 4.78 is 13.0. The lowest BCUT2D eigenvalue weighted by atomic mass is 10.0. The number of ether oxygens (including phenoxy) is 2. The van der Waals surface area contributed by atoms with Gasteiger partial charge in [-0.2, -0.15) is 10.1 Å². The molecule has 12 heteroatoms. The Morgan fingerprint density at radius 2 is 1.85 bits per heavy atom. The highest BCUT2D eigenvalue weighted by Gasteiger charge is 2.25. The predicted octanol–water partition coefficient (Wildman–Crippen LogP) is 3.55. The van der Waals surface area contributed by atoms with Gasteiger partial charge >= 0.3 is 6.01 Å². The van der Waals surface area contributed by atoms with E-state index >= 15 is 0 Å². The zero-order valence-corrected chi connectivity index (χ0v) is 22.6. The Bertz CT molecular complexity index is 1700. The minimum atomic E-state index is -0.323. The van der Waals surface area contributed by atoms with E-state index in [-0.39, 0.29) is 11.9 Å². The van der Waals surface area contributed by atoms with E-state index in [1.165, 1.54) is 13.4 Å². The largest absolute Gasteiger partial charge is 0.467 e. The van der Waals surface area contributed by atoms with Gasteiger partial charge in [0.25, 0.3) is 5.91 Å². The van der Waals surface area contributed by atoms with Crippen LogP contribution in [0.2, 0.25) is 0 Å². The number of amides is 1. The minimum absolute atomic E-state index is 0.193. The number of hydrogen-bond acceptors (Lipinski definition) is 10. The van der Waals surface area contributed by atoms with Crippen molar-refractivity contribution in [2.24, 2.45) is 7.05 Å². The molecule has 1 amide bonds. The Balaban J connectivity index is 1.37. The summed E-state index contributed by atoms with van der Waals surface area (Å²) in [7, 11) is 3.33. The Labute approximate surface area is 230 Å². The van der Waals surface area contributed by atoms with Crippen LogP contribution >= 0.6 is 0 Å². The second-order valence-corrected chi connectivity index (χ2v) is 9.97. The van der Waals surface area contributed by atoms with Gasteiger partial charge in [0, 0.05) is 72.8 Å². The molecule has 1 saturated heterocycles. The van der Waals surface area contributed by atoms with Crippen LogP contribution in [0.4, 0.5) is 11.4 Å². The molecule has 1 aliphatic heterocycles. The van der Waals surface area contributed by atoms with Crippen molar-refractivity contribution in [2.45, 2.75) is 25.9 Å². The minimum Gasteiger partial charge on any atom is -0.467 e. The molecule has 12 nitrogen and oxygen atoms in total. The lowest BCUT2D eigenvalue weighted by Crippen LogP contribution is -2.54. The smallest absolute Gasteiger partial charge is 0.316 e. The first-order valence-corrected chi connectivity index (χ1v) is 12.9. The molecule has 6 rings (SSSR count). The first kappa shape index (κ1) is 25.4. The number of aromatic nitrogens is 6. The molecule has 2 N–H and O–H groups in total. The van der Waals surface area contributed by atoms with Crippen LogP contribution in [0.3, 0.4) is 0 Å². The molecule has 204 valence electrons. The van der Waals surface area contributed by atoms with E-state index in [9.17, 15) is 4.79 Å². The molecular weight excluding hydrogens is 510 g/mol. The van der Waals surface area contributed by atoms with Gasteiger partial charge in [-0.15, -0.1) is 0 Å². The molecule has 0 unspecified atom stereocenters. The number of piperazine rings is 1. The fourth-order valence-electron chi connectivity index (χ4n) is 5.21. The summed E-state index contributed by atoms with van der Waals surface area (Å²) in [4.78, 5) is 33.0. The van der Waals surface area contributed by atoms with Gasteiger partial charge in [0.1, 0.15) is 11.8 Å². The number of nitrogens with zero attached hydrogens (tertiary/aromatic N) is 7. The number of carbonyl (C=O) groups is 1. The van der Waals surface area contributed by atoms with Crippen molar-refractivity contribution in [2.75, 3.05) is 30.4 Å². The molecule has 0 radical (unpaired) electrons. The SMILES string of the molecule is COc1ncc2c(N3C[C@@H](C)N[C@@H](C)C3)ccc(C(=O)Nc3cc(Oc4cncnc4)c4nn(C)cc4c3)c2n1. The number of nitrogens with one attached hydrogen (secondary N) is 2. The van der Waals surface area contributed by atoms with Crippen LogP contribution in [0.25, 0.3) is 21.8 Å². The topological polar surface area (TPSA) is 132 Å². The third-order valence-electron chi connectivity index (χ3n) is 6.74. The molecule has 2 aromatic carbocycles. The fraction of sp³-hybridized carbons (Fsp3) is 0.286. The highest BCUT2D eigenvalue weighted by Crippen LogP contribution is 2.34. The second-order valence-electron chi connectivity index (χ2n) is 9.97. The number of carbonyl (C=O) groups excluding carboxylic acids is 1. The van der Waals surface area contributed by atoms with Crippen LogP contribution in [0.5, 0.6) is 17.5 Å². The van der Waals surface area contributed by atoms with E-state index in [2.05, 4.69) is 54.4 Å². The highest BCUT2D eigenvalue weighted by atomic mass is 16.5. The third kappa shape index (κ3) is 4.96. The normalized spacial score (nSPS) is 17.2. The fourth-order valence-corrected chi connectivity index (χ4v) is 5.21. The number of aryl methyl sites for hydroxylation is 1. The Morgan fingerprint density at radius 3 is 2.60 bits per heavy atom. The van der Waals surface area contributed by atoms with Crippen molar-refractivity contribution < 1.29 is 14.3 Å². The van der Waals surface area contributed by atoms with Crippen LogP contribution in [0.1, 0.15) is 24.2 Å². The number of anilines is 2. The van der Waals surface area contributed by atoms with Gasteiger partial charge in [-0.3, -0.25) is 9.48 Å². The van der Waals surface area contributed by atoms with Gasteiger partial charge in [-0.1, -0.05) is 0 Å². The summed E-state index contributed by atoms with van der Waals surface area (Å²) in [5, 5.41) is 12.7. The number of fused-ring (bicyclic) bond motifs is 2.